The number of hydrogen-bond acceptors (Lipinski definition) is 2. The molecule has 1 N–H and O–H groups in total. The highest BCUT2D eigenvalue weighted by atomic mass is 127. The standard InChI is InChI=1S/C13H14INS/c1-2-15-9-12-7-8-13(16-12)10-3-5-11(14)6-4-10/h3-8,15H,2,9H2,1H3. The van der Waals surface area contributed by atoms with Crippen molar-refractivity contribution in [3.05, 3.63) is 44.8 Å². The molecule has 0 saturated heterocycles. The summed E-state index contributed by atoms with van der Waals surface area (Å²) in [6.45, 7) is 4.13. The number of thiophene rings is 1. The van der Waals surface area contributed by atoms with E-state index < -0.39 is 0 Å². The zero-order chi connectivity index (χ0) is 11.4. The van der Waals surface area contributed by atoms with Crippen LogP contribution < -0.4 is 5.32 Å². The van der Waals surface area contributed by atoms with Crippen LogP contribution in [0.1, 0.15) is 11.8 Å². The number of halogens is 1. The van der Waals surface area contributed by atoms with Crippen LogP contribution in [0.3, 0.4) is 0 Å². The summed E-state index contributed by atoms with van der Waals surface area (Å²) in [5.41, 5.74) is 1.31. The molecule has 0 bridgehead atoms. The van der Waals surface area contributed by atoms with Crippen LogP contribution in [0.25, 0.3) is 10.4 Å². The van der Waals surface area contributed by atoms with Gasteiger partial charge in [0.25, 0.3) is 0 Å². The average Bonchev–Trinajstić information content (AvgIpc) is 2.76. The molecule has 0 radical (unpaired) electrons. The van der Waals surface area contributed by atoms with E-state index in [1.54, 1.807) is 0 Å². The van der Waals surface area contributed by atoms with E-state index in [4.69, 9.17) is 0 Å². The second kappa shape index (κ2) is 5.80. The Morgan fingerprint density at radius 3 is 2.56 bits per heavy atom. The fourth-order valence-electron chi connectivity index (χ4n) is 1.49. The molecule has 0 aliphatic heterocycles. The third-order valence-electron chi connectivity index (χ3n) is 2.34. The third kappa shape index (κ3) is 3.06. The Morgan fingerprint density at radius 2 is 1.88 bits per heavy atom. The number of nitrogens with one attached hydrogen (secondary N) is 1. The van der Waals surface area contributed by atoms with E-state index in [1.807, 2.05) is 11.3 Å². The van der Waals surface area contributed by atoms with Gasteiger partial charge in [-0.05, 0) is 59.0 Å². The van der Waals surface area contributed by atoms with Gasteiger partial charge in [0.2, 0.25) is 0 Å². The smallest absolute Gasteiger partial charge is 0.0346 e. The minimum absolute atomic E-state index is 0.978. The van der Waals surface area contributed by atoms with Gasteiger partial charge in [-0.3, -0.25) is 0 Å². The van der Waals surface area contributed by atoms with E-state index in [0.29, 0.717) is 0 Å². The van der Waals surface area contributed by atoms with Crippen molar-refractivity contribution < 1.29 is 0 Å². The third-order valence-corrected chi connectivity index (χ3v) is 4.19. The van der Waals surface area contributed by atoms with E-state index in [-0.39, 0.29) is 0 Å². The maximum atomic E-state index is 3.35. The van der Waals surface area contributed by atoms with Gasteiger partial charge in [-0.15, -0.1) is 11.3 Å². The van der Waals surface area contributed by atoms with E-state index in [1.165, 1.54) is 18.9 Å². The van der Waals surface area contributed by atoms with Crippen LogP contribution in [0.15, 0.2) is 36.4 Å². The molecular formula is C13H14INS. The molecule has 0 aliphatic carbocycles. The van der Waals surface area contributed by atoms with Crippen molar-refractivity contribution in [1.29, 1.82) is 0 Å². The molecule has 1 heterocycles. The normalized spacial score (nSPS) is 10.6. The molecule has 0 spiro atoms. The molecule has 2 aromatic rings. The number of hydrogen-bond donors (Lipinski definition) is 1. The van der Waals surface area contributed by atoms with Crippen molar-refractivity contribution in [3.8, 4) is 10.4 Å². The summed E-state index contributed by atoms with van der Waals surface area (Å²) in [5, 5.41) is 3.35. The molecule has 3 heteroatoms. The zero-order valence-corrected chi connectivity index (χ0v) is 12.1. The summed E-state index contributed by atoms with van der Waals surface area (Å²) in [6, 6.07) is 13.1. The van der Waals surface area contributed by atoms with Crippen LogP contribution in [0, 0.1) is 3.57 Å². The second-order valence-corrected chi connectivity index (χ2v) is 5.97. The molecule has 0 fully saturated rings. The first-order chi connectivity index (χ1) is 7.79. The Balaban J connectivity index is 2.15. The van der Waals surface area contributed by atoms with Crippen molar-refractivity contribution in [1.82, 2.24) is 5.32 Å². The van der Waals surface area contributed by atoms with E-state index in [9.17, 15) is 0 Å². The summed E-state index contributed by atoms with van der Waals surface area (Å²) in [6.07, 6.45) is 0. The topological polar surface area (TPSA) is 12.0 Å². The highest BCUT2D eigenvalue weighted by Gasteiger charge is 2.02. The molecule has 0 saturated carbocycles. The summed E-state index contributed by atoms with van der Waals surface area (Å²) in [7, 11) is 0. The van der Waals surface area contributed by atoms with Crippen molar-refractivity contribution in [3.63, 3.8) is 0 Å². The molecule has 1 aromatic carbocycles. The molecular weight excluding hydrogens is 329 g/mol. The molecule has 1 nitrogen and oxygen atoms in total. The lowest BCUT2D eigenvalue weighted by Crippen LogP contribution is -2.10. The summed E-state index contributed by atoms with van der Waals surface area (Å²) in [4.78, 5) is 2.75. The summed E-state index contributed by atoms with van der Waals surface area (Å²) < 4.78 is 1.28. The lowest BCUT2D eigenvalue weighted by molar-refractivity contribution is 0.735. The molecule has 0 unspecified atom stereocenters. The highest BCUT2D eigenvalue weighted by Crippen LogP contribution is 2.28. The van der Waals surface area contributed by atoms with E-state index in [2.05, 4.69) is 71.2 Å². The SMILES string of the molecule is CCNCc1ccc(-c2ccc(I)cc2)s1. The maximum Gasteiger partial charge on any atom is 0.0346 e. The first-order valence-corrected chi connectivity index (χ1v) is 7.24. The van der Waals surface area contributed by atoms with Gasteiger partial charge in [0.15, 0.2) is 0 Å². The van der Waals surface area contributed by atoms with Crippen molar-refractivity contribution >= 4 is 33.9 Å². The fraction of sp³-hybridized carbons (Fsp3) is 0.231. The highest BCUT2D eigenvalue weighted by molar-refractivity contribution is 14.1. The Labute approximate surface area is 114 Å². The van der Waals surface area contributed by atoms with Gasteiger partial charge in [0.05, 0.1) is 0 Å². The van der Waals surface area contributed by atoms with Gasteiger partial charge in [0, 0.05) is 19.9 Å². The Bertz CT molecular complexity index is 447. The van der Waals surface area contributed by atoms with Gasteiger partial charge in [-0.2, -0.15) is 0 Å². The maximum absolute atomic E-state index is 3.35. The Hall–Kier alpha value is -0.390. The predicted molar refractivity (Wildman–Crippen MR) is 79.9 cm³/mol. The molecule has 0 aliphatic rings. The van der Waals surface area contributed by atoms with Crippen molar-refractivity contribution in [2.75, 3.05) is 6.54 Å². The van der Waals surface area contributed by atoms with Gasteiger partial charge in [-0.1, -0.05) is 19.1 Å². The summed E-state index contributed by atoms with van der Waals surface area (Å²) in [5.74, 6) is 0. The first kappa shape index (κ1) is 12.1. The number of rotatable bonds is 4. The molecule has 0 amide bonds. The van der Waals surface area contributed by atoms with Crippen LogP contribution in [0.2, 0.25) is 0 Å². The van der Waals surface area contributed by atoms with E-state index >= 15 is 0 Å². The monoisotopic (exact) mass is 343 g/mol. The summed E-state index contributed by atoms with van der Waals surface area (Å²) >= 11 is 4.20. The quantitative estimate of drug-likeness (QED) is 0.823. The van der Waals surface area contributed by atoms with Gasteiger partial charge in [-0.25, -0.2) is 0 Å². The predicted octanol–water partition coefficient (Wildman–Crippen LogP) is 4.13. The minimum atomic E-state index is 0.978. The van der Waals surface area contributed by atoms with Gasteiger partial charge < -0.3 is 5.32 Å². The lowest BCUT2D eigenvalue weighted by Gasteiger charge is -1.98. The molecule has 1 aromatic heterocycles. The molecule has 2 rings (SSSR count). The largest absolute Gasteiger partial charge is 0.312 e. The minimum Gasteiger partial charge on any atom is -0.312 e. The van der Waals surface area contributed by atoms with E-state index in [0.717, 1.165) is 13.1 Å². The van der Waals surface area contributed by atoms with Crippen LogP contribution in [-0.2, 0) is 6.54 Å². The molecule has 0 atom stereocenters. The first-order valence-electron chi connectivity index (χ1n) is 5.35. The average molecular weight is 343 g/mol. The van der Waals surface area contributed by atoms with Crippen LogP contribution in [0.4, 0.5) is 0 Å². The van der Waals surface area contributed by atoms with Crippen LogP contribution >= 0.6 is 33.9 Å². The lowest BCUT2D eigenvalue weighted by atomic mass is 10.2. The number of benzene rings is 1. The van der Waals surface area contributed by atoms with Crippen molar-refractivity contribution in [2.45, 2.75) is 13.5 Å². The zero-order valence-electron chi connectivity index (χ0n) is 9.16. The van der Waals surface area contributed by atoms with Crippen LogP contribution in [0.5, 0.6) is 0 Å². The van der Waals surface area contributed by atoms with Crippen molar-refractivity contribution in [2.24, 2.45) is 0 Å². The second-order valence-electron chi connectivity index (χ2n) is 3.55. The Kier molecular flexibility index (Phi) is 4.37. The Morgan fingerprint density at radius 1 is 1.12 bits per heavy atom. The van der Waals surface area contributed by atoms with Gasteiger partial charge in [0.1, 0.15) is 0 Å². The molecule has 16 heavy (non-hydrogen) atoms. The van der Waals surface area contributed by atoms with Gasteiger partial charge >= 0.3 is 0 Å². The molecule has 84 valence electrons. The fourth-order valence-corrected chi connectivity index (χ4v) is 2.83. The van der Waals surface area contributed by atoms with Crippen LogP contribution in [-0.4, -0.2) is 6.54 Å².